The summed E-state index contributed by atoms with van der Waals surface area (Å²) in [6, 6.07) is 1.06. The van der Waals surface area contributed by atoms with Gasteiger partial charge in [0, 0.05) is 55.2 Å². The summed E-state index contributed by atoms with van der Waals surface area (Å²) in [5.74, 6) is 3.91. The normalized spacial score (nSPS) is 29.2. The molecular weight excluding hydrogens is 558 g/mol. The third kappa shape index (κ3) is 10.7. The lowest BCUT2D eigenvalue weighted by atomic mass is 9.91. The highest BCUT2D eigenvalue weighted by Gasteiger charge is 2.43. The maximum absolute atomic E-state index is 12.2. The number of rotatable bonds is 3. The average Bonchev–Trinajstić information content (AvgIpc) is 3.84. The molecule has 0 spiro atoms. The molecule has 6 nitrogen and oxygen atoms in total. The van der Waals surface area contributed by atoms with E-state index in [1.807, 2.05) is 57.5 Å². The fourth-order valence-electron chi connectivity index (χ4n) is 7.67. The van der Waals surface area contributed by atoms with Crippen LogP contribution in [0, 0.1) is 35.5 Å². The van der Waals surface area contributed by atoms with Gasteiger partial charge in [0.1, 0.15) is 0 Å². The molecular formula is C39H71N3O3. The monoisotopic (exact) mass is 630 g/mol. The number of fused-ring (bicyclic) bond motifs is 3. The zero-order chi connectivity index (χ0) is 34.3. The van der Waals surface area contributed by atoms with Gasteiger partial charge in [-0.15, -0.1) is 0 Å². The van der Waals surface area contributed by atoms with E-state index in [0.717, 1.165) is 32.4 Å². The van der Waals surface area contributed by atoms with Gasteiger partial charge in [-0.3, -0.25) is 14.4 Å². The van der Waals surface area contributed by atoms with E-state index in [1.165, 1.54) is 38.5 Å². The van der Waals surface area contributed by atoms with Crippen LogP contribution in [0.4, 0.5) is 0 Å². The summed E-state index contributed by atoms with van der Waals surface area (Å²) in [5.41, 5.74) is 0. The minimum Gasteiger partial charge on any atom is -0.340 e. The minimum atomic E-state index is 0.288. The second-order valence-electron chi connectivity index (χ2n) is 13.5. The van der Waals surface area contributed by atoms with Crippen LogP contribution in [0.2, 0.25) is 0 Å². The molecule has 0 aromatic rings. The molecule has 45 heavy (non-hydrogen) atoms. The van der Waals surface area contributed by atoms with E-state index in [2.05, 4.69) is 64.7 Å². The van der Waals surface area contributed by atoms with E-state index < -0.39 is 0 Å². The maximum Gasteiger partial charge on any atom is 0.230 e. The third-order valence-electron chi connectivity index (χ3n) is 9.98. The lowest BCUT2D eigenvalue weighted by molar-refractivity contribution is -0.137. The zero-order valence-electron chi connectivity index (χ0n) is 31.4. The molecule has 6 aliphatic rings. The van der Waals surface area contributed by atoms with E-state index in [0.29, 0.717) is 65.4 Å². The number of allylic oxidation sites excluding steroid dienone is 2. The third-order valence-corrected chi connectivity index (χ3v) is 9.98. The summed E-state index contributed by atoms with van der Waals surface area (Å²) in [5, 5.41) is 0. The van der Waals surface area contributed by atoms with Gasteiger partial charge in [0.05, 0.1) is 0 Å². The van der Waals surface area contributed by atoms with Crippen LogP contribution in [-0.4, -0.2) is 63.6 Å². The second kappa shape index (κ2) is 20.9. The maximum atomic E-state index is 12.2. The van der Waals surface area contributed by atoms with Gasteiger partial charge in [-0.25, -0.2) is 0 Å². The molecule has 4 fully saturated rings. The molecule has 3 aliphatic heterocycles. The second-order valence-corrected chi connectivity index (χ2v) is 13.5. The molecule has 3 saturated carbocycles. The molecule has 3 aliphatic carbocycles. The van der Waals surface area contributed by atoms with Crippen LogP contribution in [0.5, 0.6) is 0 Å². The molecule has 0 aromatic carbocycles. The SMILES string of the molecule is CC.CC.CC.CC(C)N1C=CC2CCCC2C1=O.CC(C)N1CC2CCCC2C1=O.CC(C)N1CC=CC2CCCC2C1=O. The predicted molar refractivity (Wildman–Crippen MR) is 190 cm³/mol. The average molecular weight is 630 g/mol. The van der Waals surface area contributed by atoms with Gasteiger partial charge in [-0.2, -0.15) is 0 Å². The molecule has 0 aromatic heterocycles. The number of nitrogens with zero attached hydrogens (tertiary/aromatic N) is 3. The Morgan fingerprint density at radius 3 is 1.53 bits per heavy atom. The highest BCUT2D eigenvalue weighted by atomic mass is 16.2. The van der Waals surface area contributed by atoms with Crippen molar-refractivity contribution in [3.05, 3.63) is 24.4 Å². The summed E-state index contributed by atoms with van der Waals surface area (Å²) in [4.78, 5) is 41.8. The first-order chi connectivity index (χ1) is 21.6. The Balaban J connectivity index is 0.000000312. The Labute approximate surface area is 278 Å². The van der Waals surface area contributed by atoms with E-state index >= 15 is 0 Å². The molecule has 0 N–H and O–H groups in total. The van der Waals surface area contributed by atoms with Gasteiger partial charge >= 0.3 is 0 Å². The van der Waals surface area contributed by atoms with E-state index in [1.54, 1.807) is 0 Å². The molecule has 3 amide bonds. The first-order valence-electron chi connectivity index (χ1n) is 18.9. The van der Waals surface area contributed by atoms with Gasteiger partial charge in [0.2, 0.25) is 17.7 Å². The Hall–Kier alpha value is -2.11. The van der Waals surface area contributed by atoms with Crippen molar-refractivity contribution in [1.29, 1.82) is 0 Å². The van der Waals surface area contributed by atoms with Crippen LogP contribution in [0.25, 0.3) is 0 Å². The lowest BCUT2D eigenvalue weighted by Crippen LogP contribution is -2.40. The minimum absolute atomic E-state index is 0.288. The fourth-order valence-corrected chi connectivity index (χ4v) is 7.67. The standard InChI is InChI=1S/C12H19NO.C11H17NO.C10H17NO.3C2H6/c1-9(2)13-8-4-6-10-5-3-7-11(10)12(13)14;1-8(2)12-7-6-9-4-3-5-10(9)11(12)13;1-7(2)11-6-8-4-3-5-9(8)10(11)12;3*1-2/h4,6,9-11H,3,5,7-8H2,1-2H3;6-10H,3-5H2,1-2H3;7-9H,3-6H2,1-2H3;3*1-2H3. The van der Waals surface area contributed by atoms with Gasteiger partial charge in [-0.05, 0) is 97.8 Å². The molecule has 6 heteroatoms. The quantitative estimate of drug-likeness (QED) is 0.293. The van der Waals surface area contributed by atoms with Crippen molar-refractivity contribution < 1.29 is 14.4 Å². The van der Waals surface area contributed by atoms with Crippen LogP contribution in [0.3, 0.4) is 0 Å². The summed E-state index contributed by atoms with van der Waals surface area (Å²) in [7, 11) is 0. The van der Waals surface area contributed by atoms with E-state index in [4.69, 9.17) is 0 Å². The number of amides is 3. The van der Waals surface area contributed by atoms with Crippen LogP contribution in [0.1, 0.15) is 141 Å². The van der Waals surface area contributed by atoms with Gasteiger partial charge in [0.25, 0.3) is 0 Å². The Kier molecular flexibility index (Phi) is 19.0. The number of likely N-dealkylation sites (tertiary alicyclic amines) is 1. The number of hydrogen-bond donors (Lipinski definition) is 0. The van der Waals surface area contributed by atoms with Crippen LogP contribution >= 0.6 is 0 Å². The van der Waals surface area contributed by atoms with Crippen molar-refractivity contribution in [1.82, 2.24) is 14.7 Å². The van der Waals surface area contributed by atoms with Crippen LogP contribution in [0.15, 0.2) is 24.4 Å². The van der Waals surface area contributed by atoms with E-state index in [-0.39, 0.29) is 5.92 Å². The summed E-state index contributed by atoms with van der Waals surface area (Å²) >= 11 is 0. The molecule has 260 valence electrons. The number of carbonyl (C=O) groups excluding carboxylic acids is 3. The predicted octanol–water partition coefficient (Wildman–Crippen LogP) is 9.11. The molecule has 0 radical (unpaired) electrons. The van der Waals surface area contributed by atoms with E-state index in [9.17, 15) is 14.4 Å². The molecule has 3 heterocycles. The first kappa shape index (κ1) is 40.9. The molecule has 6 atom stereocenters. The number of carbonyl (C=O) groups is 3. The van der Waals surface area contributed by atoms with Crippen molar-refractivity contribution in [2.75, 3.05) is 13.1 Å². The van der Waals surface area contributed by atoms with Gasteiger partial charge in [-0.1, -0.05) is 79.0 Å². The van der Waals surface area contributed by atoms with Crippen LogP contribution < -0.4 is 0 Å². The van der Waals surface area contributed by atoms with Crippen molar-refractivity contribution in [2.24, 2.45) is 35.5 Å². The van der Waals surface area contributed by atoms with Gasteiger partial charge < -0.3 is 14.7 Å². The van der Waals surface area contributed by atoms with Crippen molar-refractivity contribution in [3.8, 4) is 0 Å². The largest absolute Gasteiger partial charge is 0.340 e. The first-order valence-corrected chi connectivity index (χ1v) is 18.9. The molecule has 6 rings (SSSR count). The smallest absolute Gasteiger partial charge is 0.230 e. The zero-order valence-corrected chi connectivity index (χ0v) is 31.4. The Morgan fingerprint density at radius 2 is 1.02 bits per heavy atom. The highest BCUT2D eigenvalue weighted by Crippen LogP contribution is 2.40. The fraction of sp³-hybridized carbons (Fsp3) is 0.821. The Morgan fingerprint density at radius 1 is 0.556 bits per heavy atom. The highest BCUT2D eigenvalue weighted by molar-refractivity contribution is 5.82. The summed E-state index contributed by atoms with van der Waals surface area (Å²) in [6.45, 7) is 26.4. The molecule has 6 unspecified atom stereocenters. The molecule has 0 bridgehead atoms. The lowest BCUT2D eigenvalue weighted by Gasteiger charge is -2.31. The van der Waals surface area contributed by atoms with Gasteiger partial charge in [0.15, 0.2) is 0 Å². The summed E-state index contributed by atoms with van der Waals surface area (Å²) in [6.07, 6.45) is 19.4. The van der Waals surface area contributed by atoms with Crippen molar-refractivity contribution >= 4 is 17.7 Å². The topological polar surface area (TPSA) is 60.9 Å². The number of hydrogen-bond acceptors (Lipinski definition) is 3. The van der Waals surface area contributed by atoms with Crippen molar-refractivity contribution in [3.63, 3.8) is 0 Å². The summed E-state index contributed by atoms with van der Waals surface area (Å²) < 4.78 is 0. The van der Waals surface area contributed by atoms with Crippen molar-refractivity contribution in [2.45, 2.75) is 159 Å². The van der Waals surface area contributed by atoms with Crippen LogP contribution in [-0.2, 0) is 14.4 Å². The Bertz CT molecular complexity index is 936. The molecule has 1 saturated heterocycles.